The van der Waals surface area contributed by atoms with Gasteiger partial charge in [-0.2, -0.15) is 11.3 Å². The minimum absolute atomic E-state index is 0.0360. The SMILES string of the molecule is O=C(CN1CCN(C(=O)c2ccccc2SCc2ccsc2)CC1)Nc1ccc(F)cc1. The van der Waals surface area contributed by atoms with Gasteiger partial charge in [0.1, 0.15) is 5.82 Å². The van der Waals surface area contributed by atoms with E-state index in [-0.39, 0.29) is 24.2 Å². The Morgan fingerprint density at radius 2 is 1.75 bits per heavy atom. The van der Waals surface area contributed by atoms with Crippen LogP contribution in [-0.2, 0) is 10.5 Å². The summed E-state index contributed by atoms with van der Waals surface area (Å²) in [7, 11) is 0. The Kier molecular flexibility index (Phi) is 7.57. The summed E-state index contributed by atoms with van der Waals surface area (Å²) < 4.78 is 13.0. The molecule has 1 fully saturated rings. The Morgan fingerprint density at radius 3 is 2.47 bits per heavy atom. The molecular formula is C24H24FN3O2S2. The molecule has 2 aromatic carbocycles. The molecule has 1 N–H and O–H groups in total. The van der Waals surface area contributed by atoms with Crippen molar-refractivity contribution in [3.63, 3.8) is 0 Å². The number of carbonyl (C=O) groups is 2. The largest absolute Gasteiger partial charge is 0.336 e. The van der Waals surface area contributed by atoms with E-state index in [1.165, 1.54) is 29.8 Å². The van der Waals surface area contributed by atoms with Gasteiger partial charge in [-0.3, -0.25) is 14.5 Å². The minimum atomic E-state index is -0.338. The van der Waals surface area contributed by atoms with Crippen LogP contribution in [0.15, 0.2) is 70.3 Å². The van der Waals surface area contributed by atoms with E-state index >= 15 is 0 Å². The number of nitrogens with one attached hydrogen (secondary N) is 1. The summed E-state index contributed by atoms with van der Waals surface area (Å²) >= 11 is 3.36. The molecule has 166 valence electrons. The smallest absolute Gasteiger partial charge is 0.255 e. The molecule has 4 rings (SSSR count). The zero-order valence-electron chi connectivity index (χ0n) is 17.5. The Balaban J connectivity index is 1.29. The monoisotopic (exact) mass is 469 g/mol. The van der Waals surface area contributed by atoms with Crippen LogP contribution in [0.3, 0.4) is 0 Å². The first-order valence-electron chi connectivity index (χ1n) is 10.4. The predicted molar refractivity (Wildman–Crippen MR) is 128 cm³/mol. The quantitative estimate of drug-likeness (QED) is 0.515. The van der Waals surface area contributed by atoms with E-state index in [1.807, 2.05) is 34.1 Å². The van der Waals surface area contributed by atoms with Crippen LogP contribution in [0, 0.1) is 5.82 Å². The van der Waals surface area contributed by atoms with Gasteiger partial charge in [0.25, 0.3) is 5.91 Å². The number of benzene rings is 2. The molecule has 3 aromatic rings. The topological polar surface area (TPSA) is 52.7 Å². The molecule has 2 heterocycles. The fourth-order valence-electron chi connectivity index (χ4n) is 3.52. The molecule has 0 aliphatic carbocycles. The summed E-state index contributed by atoms with van der Waals surface area (Å²) in [6.45, 7) is 2.66. The molecule has 0 atom stereocenters. The van der Waals surface area contributed by atoms with E-state index in [9.17, 15) is 14.0 Å². The van der Waals surface area contributed by atoms with Crippen LogP contribution in [0.4, 0.5) is 10.1 Å². The van der Waals surface area contributed by atoms with Crippen molar-refractivity contribution in [2.24, 2.45) is 0 Å². The number of rotatable bonds is 7. The first-order valence-corrected chi connectivity index (χ1v) is 12.3. The van der Waals surface area contributed by atoms with E-state index in [1.54, 1.807) is 23.1 Å². The summed E-state index contributed by atoms with van der Waals surface area (Å²) in [4.78, 5) is 30.3. The number of hydrogen-bond donors (Lipinski definition) is 1. The number of carbonyl (C=O) groups excluding carboxylic acids is 2. The van der Waals surface area contributed by atoms with E-state index < -0.39 is 0 Å². The highest BCUT2D eigenvalue weighted by molar-refractivity contribution is 7.98. The van der Waals surface area contributed by atoms with Crippen molar-refractivity contribution in [3.8, 4) is 0 Å². The maximum absolute atomic E-state index is 13.2. The first-order chi connectivity index (χ1) is 15.6. The standard InChI is InChI=1S/C24H24FN3O2S2/c25-19-5-7-20(8-6-19)26-23(29)15-27-10-12-28(13-11-27)24(30)21-3-1-2-4-22(21)32-17-18-9-14-31-16-18/h1-9,14,16H,10-13,15,17H2,(H,26,29). The van der Waals surface area contributed by atoms with Crippen LogP contribution in [0.5, 0.6) is 0 Å². The molecule has 1 saturated heterocycles. The van der Waals surface area contributed by atoms with Gasteiger partial charge >= 0.3 is 0 Å². The molecular weight excluding hydrogens is 445 g/mol. The number of hydrogen-bond acceptors (Lipinski definition) is 5. The number of thiophene rings is 1. The van der Waals surface area contributed by atoms with Crippen molar-refractivity contribution in [2.75, 3.05) is 38.0 Å². The van der Waals surface area contributed by atoms with E-state index in [4.69, 9.17) is 0 Å². The summed E-state index contributed by atoms with van der Waals surface area (Å²) in [5.74, 6) is 0.390. The summed E-state index contributed by atoms with van der Waals surface area (Å²) in [5.41, 5.74) is 2.56. The van der Waals surface area contributed by atoms with Crippen molar-refractivity contribution in [3.05, 3.63) is 82.3 Å². The average Bonchev–Trinajstić information content (AvgIpc) is 3.33. The minimum Gasteiger partial charge on any atom is -0.336 e. The lowest BCUT2D eigenvalue weighted by Gasteiger charge is -2.34. The molecule has 1 aliphatic heterocycles. The van der Waals surface area contributed by atoms with Crippen LogP contribution in [-0.4, -0.2) is 54.3 Å². The maximum atomic E-state index is 13.2. The van der Waals surface area contributed by atoms with Crippen LogP contribution in [0.1, 0.15) is 15.9 Å². The van der Waals surface area contributed by atoms with Gasteiger partial charge in [0.05, 0.1) is 12.1 Å². The Bertz CT molecular complexity index is 1050. The number of piperazine rings is 1. The van der Waals surface area contributed by atoms with Crippen LogP contribution < -0.4 is 5.32 Å². The molecule has 0 spiro atoms. The lowest BCUT2D eigenvalue weighted by Crippen LogP contribution is -2.50. The van der Waals surface area contributed by atoms with E-state index in [2.05, 4.69) is 22.1 Å². The molecule has 0 bridgehead atoms. The molecule has 5 nitrogen and oxygen atoms in total. The van der Waals surface area contributed by atoms with Crippen molar-refractivity contribution in [2.45, 2.75) is 10.6 Å². The molecule has 1 aromatic heterocycles. The van der Waals surface area contributed by atoms with Crippen LogP contribution >= 0.6 is 23.1 Å². The number of amides is 2. The predicted octanol–water partition coefficient (Wildman–Crippen LogP) is 4.58. The summed E-state index contributed by atoms with van der Waals surface area (Å²) in [5, 5.41) is 6.97. The Labute approximate surface area is 195 Å². The fourth-order valence-corrected chi connectivity index (χ4v) is 5.28. The lowest BCUT2D eigenvalue weighted by molar-refractivity contribution is -0.117. The van der Waals surface area contributed by atoms with Gasteiger partial charge in [0.15, 0.2) is 0 Å². The fraction of sp³-hybridized carbons (Fsp3) is 0.250. The van der Waals surface area contributed by atoms with Crippen LogP contribution in [0.25, 0.3) is 0 Å². The van der Waals surface area contributed by atoms with Gasteiger partial charge in [-0.15, -0.1) is 11.8 Å². The Morgan fingerprint density at radius 1 is 1.00 bits per heavy atom. The molecule has 0 saturated carbocycles. The van der Waals surface area contributed by atoms with Gasteiger partial charge in [0, 0.05) is 42.5 Å². The van der Waals surface area contributed by atoms with Gasteiger partial charge in [-0.1, -0.05) is 12.1 Å². The molecule has 8 heteroatoms. The normalized spacial score (nSPS) is 14.3. The third-order valence-corrected chi connectivity index (χ3v) is 7.12. The van der Waals surface area contributed by atoms with Crippen LogP contribution in [0.2, 0.25) is 0 Å². The van der Waals surface area contributed by atoms with Gasteiger partial charge in [-0.25, -0.2) is 4.39 Å². The van der Waals surface area contributed by atoms with Gasteiger partial charge < -0.3 is 10.2 Å². The highest BCUT2D eigenvalue weighted by atomic mass is 32.2. The highest BCUT2D eigenvalue weighted by Gasteiger charge is 2.24. The number of nitrogens with zero attached hydrogens (tertiary/aromatic N) is 2. The number of halogens is 1. The van der Waals surface area contributed by atoms with Crippen molar-refractivity contribution in [1.82, 2.24) is 9.80 Å². The summed E-state index contributed by atoms with van der Waals surface area (Å²) in [6, 6.07) is 15.6. The molecule has 2 amide bonds. The molecule has 0 unspecified atom stereocenters. The third-order valence-electron chi connectivity index (χ3n) is 5.25. The van der Waals surface area contributed by atoms with E-state index in [0.29, 0.717) is 31.9 Å². The first kappa shape index (κ1) is 22.5. The van der Waals surface area contributed by atoms with Gasteiger partial charge in [-0.05, 0) is 58.8 Å². The second kappa shape index (κ2) is 10.8. The second-order valence-electron chi connectivity index (χ2n) is 7.54. The van der Waals surface area contributed by atoms with Crippen molar-refractivity contribution < 1.29 is 14.0 Å². The maximum Gasteiger partial charge on any atom is 0.255 e. The third kappa shape index (κ3) is 5.97. The molecule has 0 radical (unpaired) electrons. The zero-order valence-corrected chi connectivity index (χ0v) is 19.1. The highest BCUT2D eigenvalue weighted by Crippen LogP contribution is 2.28. The van der Waals surface area contributed by atoms with E-state index in [0.717, 1.165) is 16.2 Å². The van der Waals surface area contributed by atoms with Gasteiger partial charge in [0.2, 0.25) is 5.91 Å². The number of thioether (sulfide) groups is 1. The zero-order chi connectivity index (χ0) is 22.3. The second-order valence-corrected chi connectivity index (χ2v) is 9.34. The lowest BCUT2D eigenvalue weighted by atomic mass is 10.2. The van der Waals surface area contributed by atoms with Crippen molar-refractivity contribution in [1.29, 1.82) is 0 Å². The molecule has 32 heavy (non-hydrogen) atoms. The Hall–Kier alpha value is -2.68. The van der Waals surface area contributed by atoms with Crippen molar-refractivity contribution >= 4 is 40.6 Å². The number of anilines is 1. The average molecular weight is 470 g/mol. The summed E-state index contributed by atoms with van der Waals surface area (Å²) in [6.07, 6.45) is 0. The molecule has 1 aliphatic rings.